The number of hydrogen-bond donors (Lipinski definition) is 0. The number of benzene rings is 3. The molecule has 2 aliphatic rings. The Kier molecular flexibility index (Phi) is 7.02. The Morgan fingerprint density at radius 1 is 0.853 bits per heavy atom. The van der Waals surface area contributed by atoms with Gasteiger partial charge in [0.1, 0.15) is 5.71 Å². The first-order chi connectivity index (χ1) is 16.7. The van der Waals surface area contributed by atoms with Crippen molar-refractivity contribution in [3.63, 3.8) is 0 Å². The van der Waals surface area contributed by atoms with Crippen LogP contribution in [0, 0.1) is 0 Å². The molecule has 2 heterocycles. The van der Waals surface area contributed by atoms with Crippen LogP contribution in [-0.4, -0.2) is 35.0 Å². The molecule has 7 heteroatoms. The smallest absolute Gasteiger partial charge is 0.278 e. The quantitative estimate of drug-likeness (QED) is 0.346. The van der Waals surface area contributed by atoms with E-state index in [1.807, 2.05) is 42.3 Å². The Morgan fingerprint density at radius 3 is 2.18 bits per heavy atom. The molecule has 0 radical (unpaired) electrons. The van der Waals surface area contributed by atoms with Gasteiger partial charge in [0.25, 0.3) is 6.43 Å². The van der Waals surface area contributed by atoms with Crippen LogP contribution in [-0.2, 0) is 19.6 Å². The third-order valence-corrected chi connectivity index (χ3v) is 7.13. The summed E-state index contributed by atoms with van der Waals surface area (Å²) >= 11 is 1.83. The highest BCUT2D eigenvalue weighted by atomic mass is 32.2. The highest BCUT2D eigenvalue weighted by molar-refractivity contribution is 8.00. The van der Waals surface area contributed by atoms with Crippen molar-refractivity contribution >= 4 is 29.1 Å². The Morgan fingerprint density at radius 2 is 1.53 bits per heavy atom. The van der Waals surface area contributed by atoms with E-state index in [-0.39, 0.29) is 12.1 Å². The number of para-hydroxylation sites is 1. The summed E-state index contributed by atoms with van der Waals surface area (Å²) in [6.07, 6.45) is -2.43. The maximum Gasteiger partial charge on any atom is 0.278 e. The van der Waals surface area contributed by atoms with Crippen molar-refractivity contribution in [3.05, 3.63) is 101 Å². The summed E-state index contributed by atoms with van der Waals surface area (Å²) in [5.74, 6) is 0.992. The summed E-state index contributed by atoms with van der Waals surface area (Å²) in [6.45, 7) is 3.81. The third kappa shape index (κ3) is 5.37. The van der Waals surface area contributed by atoms with Gasteiger partial charge in [-0.05, 0) is 46.3 Å². The zero-order valence-electron chi connectivity index (χ0n) is 18.8. The van der Waals surface area contributed by atoms with Crippen LogP contribution in [0.15, 0.2) is 89.1 Å². The van der Waals surface area contributed by atoms with Gasteiger partial charge < -0.3 is 4.31 Å². The molecule has 0 spiro atoms. The molecule has 3 aromatic rings. The molecule has 0 bridgehead atoms. The molecule has 174 valence electrons. The maximum atomic E-state index is 12.9. The number of halogens is 2. The largest absolute Gasteiger partial charge is 0.312 e. The zero-order valence-corrected chi connectivity index (χ0v) is 19.6. The van der Waals surface area contributed by atoms with E-state index in [2.05, 4.69) is 67.9 Å². The fourth-order valence-electron chi connectivity index (χ4n) is 4.26. The molecular weight excluding hydrogens is 450 g/mol. The summed E-state index contributed by atoms with van der Waals surface area (Å²) < 4.78 is 28.0. The summed E-state index contributed by atoms with van der Waals surface area (Å²) in [5.41, 5.74) is 6.47. The maximum absolute atomic E-state index is 12.9. The molecule has 2 aliphatic heterocycles. The van der Waals surface area contributed by atoms with E-state index >= 15 is 0 Å². The second-order valence-corrected chi connectivity index (χ2v) is 9.60. The van der Waals surface area contributed by atoms with E-state index < -0.39 is 6.43 Å². The molecule has 0 aromatic heterocycles. The van der Waals surface area contributed by atoms with E-state index in [0.29, 0.717) is 5.71 Å². The molecule has 5 rings (SSSR count). The topological polar surface area (TPSA) is 31.2 Å². The molecule has 0 saturated heterocycles. The fourth-order valence-corrected chi connectivity index (χ4v) is 5.33. The van der Waals surface area contributed by atoms with Crippen LogP contribution in [0.25, 0.3) is 0 Å². The molecule has 0 N–H and O–H groups in total. The number of rotatable bonds is 9. The minimum absolute atomic E-state index is 0.114. The van der Waals surface area contributed by atoms with Crippen molar-refractivity contribution in [1.82, 2.24) is 4.90 Å². The van der Waals surface area contributed by atoms with Crippen LogP contribution in [0.4, 0.5) is 14.5 Å². The molecule has 0 aliphatic carbocycles. The summed E-state index contributed by atoms with van der Waals surface area (Å²) in [6, 6.07) is 27.1. The number of anilines is 1. The SMILES string of the molecule is FC(F)C1=NN=C(c2ccc(CN(SCCN3Cc4ccccc4C3)c3ccccc3)cc2)C1. The molecular formula is C27H26F2N4S. The second-order valence-electron chi connectivity index (χ2n) is 8.50. The molecule has 0 amide bonds. The standard InChI is InChI=1S/C27H26F2N4S/c28-27(29)26-16-25(30-31-26)21-12-10-20(11-13-21)17-33(24-8-2-1-3-9-24)34-15-14-32-18-22-6-4-5-7-23(22)19-32/h1-13,27H,14-19H2. The minimum atomic E-state index is -2.55. The predicted molar refractivity (Wildman–Crippen MR) is 137 cm³/mol. The highest BCUT2D eigenvalue weighted by Gasteiger charge is 2.22. The van der Waals surface area contributed by atoms with E-state index in [9.17, 15) is 8.78 Å². The van der Waals surface area contributed by atoms with Gasteiger partial charge in [0.15, 0.2) is 0 Å². The molecule has 0 fully saturated rings. The van der Waals surface area contributed by atoms with Crippen LogP contribution in [0.5, 0.6) is 0 Å². The van der Waals surface area contributed by atoms with Crippen molar-refractivity contribution < 1.29 is 8.78 Å². The average Bonchev–Trinajstić information content (AvgIpc) is 3.52. The summed E-state index contributed by atoms with van der Waals surface area (Å²) in [7, 11) is 0. The van der Waals surface area contributed by atoms with Gasteiger partial charge >= 0.3 is 0 Å². The average molecular weight is 477 g/mol. The summed E-state index contributed by atoms with van der Waals surface area (Å²) in [4.78, 5) is 2.49. The van der Waals surface area contributed by atoms with E-state index in [1.54, 1.807) is 0 Å². The Hall–Kier alpha value is -3.03. The van der Waals surface area contributed by atoms with Gasteiger partial charge in [0, 0.05) is 37.5 Å². The van der Waals surface area contributed by atoms with E-state index in [0.717, 1.165) is 48.7 Å². The number of nitrogens with zero attached hydrogens (tertiary/aromatic N) is 4. The Bertz CT molecular complexity index is 1150. The van der Waals surface area contributed by atoms with Crippen molar-refractivity contribution in [2.24, 2.45) is 10.2 Å². The summed E-state index contributed by atoms with van der Waals surface area (Å²) in [5, 5.41) is 7.57. The van der Waals surface area contributed by atoms with Crippen LogP contribution in [0.1, 0.15) is 28.7 Å². The second kappa shape index (κ2) is 10.5. The first-order valence-electron chi connectivity index (χ1n) is 11.4. The lowest BCUT2D eigenvalue weighted by molar-refractivity contribution is 0.224. The molecule has 3 aromatic carbocycles. The first-order valence-corrected chi connectivity index (χ1v) is 12.4. The van der Waals surface area contributed by atoms with E-state index in [4.69, 9.17) is 0 Å². The third-order valence-electron chi connectivity index (χ3n) is 6.12. The van der Waals surface area contributed by atoms with Crippen LogP contribution in [0.3, 0.4) is 0 Å². The van der Waals surface area contributed by atoms with Gasteiger partial charge in [-0.2, -0.15) is 10.2 Å². The monoisotopic (exact) mass is 476 g/mol. The van der Waals surface area contributed by atoms with Gasteiger partial charge in [-0.25, -0.2) is 8.78 Å². The van der Waals surface area contributed by atoms with Crippen LogP contribution >= 0.6 is 11.9 Å². The zero-order chi connectivity index (χ0) is 23.3. The van der Waals surface area contributed by atoms with Crippen molar-refractivity contribution in [2.45, 2.75) is 32.5 Å². The highest BCUT2D eigenvalue weighted by Crippen LogP contribution is 2.27. The number of alkyl halides is 2. The molecule has 0 atom stereocenters. The lowest BCUT2D eigenvalue weighted by Crippen LogP contribution is -2.22. The van der Waals surface area contributed by atoms with Crippen LogP contribution < -0.4 is 4.31 Å². The predicted octanol–water partition coefficient (Wildman–Crippen LogP) is 6.17. The Labute approximate surface area is 203 Å². The van der Waals surface area contributed by atoms with Crippen LogP contribution in [0.2, 0.25) is 0 Å². The van der Waals surface area contributed by atoms with Gasteiger partial charge in [-0.3, -0.25) is 4.90 Å². The van der Waals surface area contributed by atoms with E-state index in [1.165, 1.54) is 11.1 Å². The molecule has 34 heavy (non-hydrogen) atoms. The minimum Gasteiger partial charge on any atom is -0.312 e. The fraction of sp³-hybridized carbons (Fsp3) is 0.259. The number of fused-ring (bicyclic) bond motifs is 1. The number of hydrogen-bond acceptors (Lipinski definition) is 5. The van der Waals surface area contributed by atoms with Gasteiger partial charge in [-0.15, -0.1) is 0 Å². The molecule has 0 unspecified atom stereocenters. The van der Waals surface area contributed by atoms with Gasteiger partial charge in [0.2, 0.25) is 0 Å². The Balaban J connectivity index is 1.20. The molecule has 4 nitrogen and oxygen atoms in total. The van der Waals surface area contributed by atoms with Gasteiger partial charge in [-0.1, -0.05) is 66.7 Å². The van der Waals surface area contributed by atoms with Crippen molar-refractivity contribution in [2.75, 3.05) is 16.6 Å². The molecule has 0 saturated carbocycles. The normalized spacial score (nSPS) is 15.4. The van der Waals surface area contributed by atoms with Crippen molar-refractivity contribution in [1.29, 1.82) is 0 Å². The lowest BCUT2D eigenvalue weighted by Gasteiger charge is -2.25. The lowest BCUT2D eigenvalue weighted by atomic mass is 10.0. The van der Waals surface area contributed by atoms with Crippen molar-refractivity contribution in [3.8, 4) is 0 Å². The first kappa shape index (κ1) is 22.7. The van der Waals surface area contributed by atoms with Gasteiger partial charge in [0.05, 0.1) is 12.3 Å².